The maximum absolute atomic E-state index is 4.86. The van der Waals surface area contributed by atoms with Crippen LogP contribution in [0.5, 0.6) is 0 Å². The third-order valence-electron chi connectivity index (χ3n) is 9.03. The van der Waals surface area contributed by atoms with Crippen molar-refractivity contribution in [1.82, 2.24) is 9.97 Å². The van der Waals surface area contributed by atoms with Gasteiger partial charge in [-0.25, -0.2) is 0 Å². The summed E-state index contributed by atoms with van der Waals surface area (Å²) in [5, 5.41) is 2.44. The minimum atomic E-state index is -0.0840. The van der Waals surface area contributed by atoms with Crippen LogP contribution in [0.4, 0.5) is 17.1 Å². The first-order chi connectivity index (χ1) is 22.4. The summed E-state index contributed by atoms with van der Waals surface area (Å²) in [7, 11) is 0. The van der Waals surface area contributed by atoms with Crippen molar-refractivity contribution in [2.75, 3.05) is 4.90 Å². The van der Waals surface area contributed by atoms with Crippen molar-refractivity contribution >= 4 is 50.9 Å². The van der Waals surface area contributed by atoms with Gasteiger partial charge in [0.25, 0.3) is 0 Å². The zero-order valence-electron chi connectivity index (χ0n) is 26.8. The summed E-state index contributed by atoms with van der Waals surface area (Å²) < 4.78 is 0. The van der Waals surface area contributed by atoms with E-state index in [1.54, 1.807) is 0 Å². The van der Waals surface area contributed by atoms with Gasteiger partial charge in [0.1, 0.15) is 0 Å². The molecule has 0 saturated carbocycles. The second-order valence-electron chi connectivity index (χ2n) is 12.4. The van der Waals surface area contributed by atoms with E-state index in [0.717, 1.165) is 72.8 Å². The number of aryl methyl sites for hydroxylation is 4. The van der Waals surface area contributed by atoms with Crippen molar-refractivity contribution in [2.45, 2.75) is 27.7 Å². The number of fused-ring (bicyclic) bond motifs is 3. The second kappa shape index (κ2) is 12.4. The first kappa shape index (κ1) is 30.8. The number of nitrogens with zero attached hydrogens (tertiary/aromatic N) is 3. The molecule has 0 aliphatic carbocycles. The Morgan fingerprint density at radius 2 is 1.23 bits per heavy atom. The SMILES string of the molecule is Cc1cnc(-c2[c-]c(B3c4[c-]c(-c5ncc(C)cc5C)ccc4N(c4ccc5ccccc5c4)c4ccccc43)ccc2)c(C)c1.[Pt+2]. The van der Waals surface area contributed by atoms with Gasteiger partial charge in [0.2, 0.25) is 6.71 Å². The molecule has 0 unspecified atom stereocenters. The van der Waals surface area contributed by atoms with Crippen molar-refractivity contribution in [2.24, 2.45) is 0 Å². The molecule has 5 aromatic carbocycles. The Bertz CT molecular complexity index is 2300. The molecule has 7 aromatic rings. The standard InChI is InChI=1S/C42H32BN3.Pt/c1-27-20-29(3)41(44-25-27)33-12-9-13-35(22-33)43-37-14-7-8-15-39(37)46(36-18-16-31-10-5-6-11-32(31)23-36)40-19-17-34(24-38(40)43)42-30(4)21-28(2)26-45-42;/h5-21,23,25-26H,1-4H3;/q-2;+2. The van der Waals surface area contributed by atoms with E-state index < -0.39 is 0 Å². The fourth-order valence-electron chi connectivity index (χ4n) is 6.98. The van der Waals surface area contributed by atoms with Gasteiger partial charge in [-0.15, -0.1) is 59.1 Å². The van der Waals surface area contributed by atoms with E-state index in [0.29, 0.717) is 0 Å². The molecule has 3 heterocycles. The van der Waals surface area contributed by atoms with Crippen LogP contribution < -0.4 is 21.3 Å². The van der Waals surface area contributed by atoms with E-state index >= 15 is 0 Å². The summed E-state index contributed by atoms with van der Waals surface area (Å²) in [6.07, 6.45) is 3.88. The Balaban J connectivity index is 0.00000351. The second-order valence-corrected chi connectivity index (χ2v) is 12.4. The molecule has 8 rings (SSSR count). The fourth-order valence-corrected chi connectivity index (χ4v) is 6.98. The van der Waals surface area contributed by atoms with E-state index in [2.05, 4.69) is 154 Å². The number of pyridine rings is 2. The molecule has 0 spiro atoms. The average molecular weight is 785 g/mol. The van der Waals surface area contributed by atoms with E-state index in [-0.39, 0.29) is 27.8 Å². The van der Waals surface area contributed by atoms with Crippen LogP contribution in [0, 0.1) is 39.8 Å². The van der Waals surface area contributed by atoms with Gasteiger partial charge in [-0.1, -0.05) is 71.8 Å². The van der Waals surface area contributed by atoms with Gasteiger partial charge in [0.15, 0.2) is 0 Å². The third-order valence-corrected chi connectivity index (χ3v) is 9.03. The van der Waals surface area contributed by atoms with Crippen molar-refractivity contribution < 1.29 is 21.1 Å². The summed E-state index contributed by atoms with van der Waals surface area (Å²) in [5.41, 5.74) is 15.3. The van der Waals surface area contributed by atoms with Crippen molar-refractivity contribution in [3.05, 3.63) is 156 Å². The summed E-state index contributed by atoms with van der Waals surface area (Å²) in [5.74, 6) is 0. The Kier molecular flexibility index (Phi) is 8.16. The van der Waals surface area contributed by atoms with Crippen LogP contribution >= 0.6 is 0 Å². The number of hydrogen-bond donors (Lipinski definition) is 0. The van der Waals surface area contributed by atoms with Crippen molar-refractivity contribution in [3.8, 4) is 22.5 Å². The molecule has 0 radical (unpaired) electrons. The Morgan fingerprint density at radius 3 is 1.96 bits per heavy atom. The molecular formula is C42H32BN3Pt. The van der Waals surface area contributed by atoms with Crippen LogP contribution in [-0.4, -0.2) is 16.7 Å². The van der Waals surface area contributed by atoms with E-state index in [4.69, 9.17) is 9.97 Å². The van der Waals surface area contributed by atoms with Crippen molar-refractivity contribution in [1.29, 1.82) is 0 Å². The van der Waals surface area contributed by atoms with Crippen LogP contribution in [0.2, 0.25) is 0 Å². The number of para-hydroxylation sites is 1. The van der Waals surface area contributed by atoms with Crippen LogP contribution in [0.25, 0.3) is 33.3 Å². The molecule has 47 heavy (non-hydrogen) atoms. The summed E-state index contributed by atoms with van der Waals surface area (Å²) in [6.45, 7) is 8.34. The molecule has 1 aliphatic rings. The van der Waals surface area contributed by atoms with E-state index in [9.17, 15) is 0 Å². The predicted octanol–water partition coefficient (Wildman–Crippen LogP) is 8.09. The molecule has 0 bridgehead atoms. The zero-order valence-corrected chi connectivity index (χ0v) is 29.1. The van der Waals surface area contributed by atoms with Gasteiger partial charge in [-0.3, -0.25) is 0 Å². The van der Waals surface area contributed by atoms with Crippen LogP contribution in [0.1, 0.15) is 22.3 Å². The monoisotopic (exact) mass is 784 g/mol. The maximum Gasteiger partial charge on any atom is 2.00 e. The van der Waals surface area contributed by atoms with Gasteiger partial charge >= 0.3 is 21.1 Å². The van der Waals surface area contributed by atoms with Crippen LogP contribution in [0.15, 0.2) is 122 Å². The molecule has 1 aliphatic heterocycles. The Morgan fingerprint density at radius 1 is 0.574 bits per heavy atom. The molecule has 3 nitrogen and oxygen atoms in total. The number of aromatic nitrogens is 2. The first-order valence-electron chi connectivity index (χ1n) is 15.8. The molecule has 0 amide bonds. The quantitative estimate of drug-likeness (QED) is 0.134. The topological polar surface area (TPSA) is 29.0 Å². The third kappa shape index (κ3) is 5.51. The molecular weight excluding hydrogens is 752 g/mol. The van der Waals surface area contributed by atoms with Crippen molar-refractivity contribution in [3.63, 3.8) is 0 Å². The van der Waals surface area contributed by atoms with Gasteiger partial charge in [-0.05, 0) is 90.3 Å². The normalized spacial score (nSPS) is 12.0. The smallest absolute Gasteiger partial charge is 0.353 e. The number of rotatable bonds is 4. The average Bonchev–Trinajstić information content (AvgIpc) is 3.07. The van der Waals surface area contributed by atoms with E-state index in [1.807, 2.05) is 12.4 Å². The Labute approximate surface area is 291 Å². The van der Waals surface area contributed by atoms with Gasteiger partial charge in [0.05, 0.1) is 0 Å². The molecule has 0 fully saturated rings. The predicted molar refractivity (Wildman–Crippen MR) is 193 cm³/mol. The fraction of sp³-hybridized carbons (Fsp3) is 0.0952. The zero-order chi connectivity index (χ0) is 31.4. The largest absolute Gasteiger partial charge is 2.00 e. The molecule has 2 aromatic heterocycles. The maximum atomic E-state index is 4.86. The Hall–Kier alpha value is -4.79. The number of anilines is 3. The first-order valence-corrected chi connectivity index (χ1v) is 15.8. The summed E-state index contributed by atoms with van der Waals surface area (Å²) in [6, 6.07) is 47.0. The molecule has 0 atom stereocenters. The number of benzene rings is 5. The molecule has 0 saturated heterocycles. The van der Waals surface area contributed by atoms with Crippen LogP contribution in [0.3, 0.4) is 0 Å². The minimum absolute atomic E-state index is 0. The van der Waals surface area contributed by atoms with Crippen LogP contribution in [-0.2, 0) is 21.1 Å². The minimum Gasteiger partial charge on any atom is -0.353 e. The van der Waals surface area contributed by atoms with E-state index in [1.165, 1.54) is 16.2 Å². The summed E-state index contributed by atoms with van der Waals surface area (Å²) in [4.78, 5) is 12.1. The van der Waals surface area contributed by atoms with Gasteiger partial charge < -0.3 is 14.9 Å². The molecule has 228 valence electrons. The van der Waals surface area contributed by atoms with Gasteiger partial charge in [-0.2, -0.15) is 5.46 Å². The molecule has 5 heteroatoms. The van der Waals surface area contributed by atoms with Gasteiger partial charge in [0, 0.05) is 23.8 Å². The molecule has 0 N–H and O–H groups in total. The number of hydrogen-bond acceptors (Lipinski definition) is 3. The summed E-state index contributed by atoms with van der Waals surface area (Å²) >= 11 is 0.